The lowest BCUT2D eigenvalue weighted by Gasteiger charge is -2.12. The molecule has 0 rings (SSSR count). The zero-order chi connectivity index (χ0) is 9.40. The average molecular weight is 180 g/mol. The second-order valence-electron chi connectivity index (χ2n) is 2.96. The van der Waals surface area contributed by atoms with Gasteiger partial charge in [0, 0.05) is 0 Å². The number of rotatable bonds is 7. The molecular weight excluding hydrogens is 162 g/mol. The van der Waals surface area contributed by atoms with Crippen molar-refractivity contribution in [2.24, 2.45) is 5.92 Å². The molecule has 2 N–H and O–H groups in total. The van der Waals surface area contributed by atoms with Crippen LogP contribution in [0, 0.1) is 5.92 Å². The Hall–Kier alpha value is -0.220. The third-order valence-electron chi connectivity index (χ3n) is 1.53. The molecule has 2 nitrogen and oxygen atoms in total. The van der Waals surface area contributed by atoms with Crippen LogP contribution in [-0.4, -0.2) is 32.6 Å². The number of nitrogens with one attached hydrogen (secondary N) is 2. The standard InChI is InChI=1S/C8H18F2N2/c1-3-11-4-7(2)5-12-6-8(9)10/h7-8,11-12H,3-6H2,1-2H3. The highest BCUT2D eigenvalue weighted by molar-refractivity contribution is 4.59. The van der Waals surface area contributed by atoms with Crippen LogP contribution in [0.3, 0.4) is 0 Å². The summed E-state index contributed by atoms with van der Waals surface area (Å²) in [7, 11) is 0. The summed E-state index contributed by atoms with van der Waals surface area (Å²) >= 11 is 0. The molecule has 4 heteroatoms. The van der Waals surface area contributed by atoms with Gasteiger partial charge in [0.05, 0.1) is 6.54 Å². The van der Waals surface area contributed by atoms with Crippen molar-refractivity contribution in [2.75, 3.05) is 26.2 Å². The molecule has 0 saturated carbocycles. The van der Waals surface area contributed by atoms with E-state index in [0.29, 0.717) is 12.5 Å². The first-order valence-electron chi connectivity index (χ1n) is 4.36. The van der Waals surface area contributed by atoms with Gasteiger partial charge in [-0.2, -0.15) is 0 Å². The van der Waals surface area contributed by atoms with Gasteiger partial charge < -0.3 is 10.6 Å². The van der Waals surface area contributed by atoms with Crippen molar-refractivity contribution in [1.29, 1.82) is 0 Å². The van der Waals surface area contributed by atoms with E-state index in [4.69, 9.17) is 0 Å². The van der Waals surface area contributed by atoms with Gasteiger partial charge in [-0.1, -0.05) is 13.8 Å². The quantitative estimate of drug-likeness (QED) is 0.612. The lowest BCUT2D eigenvalue weighted by atomic mass is 10.2. The highest BCUT2D eigenvalue weighted by Gasteiger charge is 2.03. The molecule has 0 aromatic carbocycles. The molecule has 1 atom stereocenters. The topological polar surface area (TPSA) is 24.1 Å². The minimum Gasteiger partial charge on any atom is -0.317 e. The lowest BCUT2D eigenvalue weighted by Crippen LogP contribution is -2.31. The molecule has 0 heterocycles. The van der Waals surface area contributed by atoms with Gasteiger partial charge in [-0.15, -0.1) is 0 Å². The van der Waals surface area contributed by atoms with E-state index in [1.807, 2.05) is 13.8 Å². The molecule has 0 bridgehead atoms. The predicted molar refractivity (Wildman–Crippen MR) is 46.6 cm³/mol. The van der Waals surface area contributed by atoms with Crippen LogP contribution in [0.2, 0.25) is 0 Å². The van der Waals surface area contributed by atoms with Gasteiger partial charge in [0.25, 0.3) is 6.43 Å². The summed E-state index contributed by atoms with van der Waals surface area (Å²) in [5, 5.41) is 5.86. The second-order valence-corrected chi connectivity index (χ2v) is 2.96. The molecular formula is C8H18F2N2. The molecule has 1 unspecified atom stereocenters. The molecule has 0 amide bonds. The Kier molecular flexibility index (Phi) is 7.29. The third kappa shape index (κ3) is 7.88. The molecule has 0 aromatic heterocycles. The van der Waals surface area contributed by atoms with Crippen molar-refractivity contribution in [1.82, 2.24) is 10.6 Å². The van der Waals surface area contributed by atoms with Crippen LogP contribution in [0.4, 0.5) is 8.78 Å². The van der Waals surface area contributed by atoms with Crippen molar-refractivity contribution in [3.63, 3.8) is 0 Å². The van der Waals surface area contributed by atoms with Crippen molar-refractivity contribution < 1.29 is 8.78 Å². The molecule has 12 heavy (non-hydrogen) atoms. The average Bonchev–Trinajstić information content (AvgIpc) is 2.00. The summed E-state index contributed by atoms with van der Waals surface area (Å²) in [6.45, 7) is 6.32. The summed E-state index contributed by atoms with van der Waals surface area (Å²) in [6.07, 6.45) is -2.24. The Morgan fingerprint density at radius 1 is 1.08 bits per heavy atom. The summed E-state index contributed by atoms with van der Waals surface area (Å²) < 4.78 is 23.3. The fraction of sp³-hybridized carbons (Fsp3) is 1.00. The molecule has 0 aliphatic rings. The fourth-order valence-electron chi connectivity index (χ4n) is 0.902. The smallest absolute Gasteiger partial charge is 0.250 e. The van der Waals surface area contributed by atoms with E-state index < -0.39 is 6.43 Å². The second kappa shape index (κ2) is 7.43. The molecule has 74 valence electrons. The number of alkyl halides is 2. The first kappa shape index (κ1) is 11.8. The van der Waals surface area contributed by atoms with Gasteiger partial charge in [-0.25, -0.2) is 8.78 Å². The molecule has 0 spiro atoms. The first-order valence-corrected chi connectivity index (χ1v) is 4.36. The van der Waals surface area contributed by atoms with Crippen LogP contribution in [0.25, 0.3) is 0 Å². The summed E-state index contributed by atoms with van der Waals surface area (Å²) in [6, 6.07) is 0. The van der Waals surface area contributed by atoms with E-state index in [9.17, 15) is 8.78 Å². The highest BCUT2D eigenvalue weighted by Crippen LogP contribution is 1.92. The van der Waals surface area contributed by atoms with Crippen molar-refractivity contribution in [3.05, 3.63) is 0 Å². The van der Waals surface area contributed by atoms with E-state index in [1.165, 1.54) is 0 Å². The minimum atomic E-state index is -2.24. The van der Waals surface area contributed by atoms with Gasteiger partial charge in [-0.05, 0) is 25.6 Å². The Morgan fingerprint density at radius 3 is 2.17 bits per heavy atom. The summed E-state index contributed by atoms with van der Waals surface area (Å²) in [4.78, 5) is 0. The molecule has 0 saturated heterocycles. The van der Waals surface area contributed by atoms with Crippen molar-refractivity contribution >= 4 is 0 Å². The molecule has 0 aliphatic heterocycles. The van der Waals surface area contributed by atoms with Crippen molar-refractivity contribution in [3.8, 4) is 0 Å². The van der Waals surface area contributed by atoms with Gasteiger partial charge in [0.2, 0.25) is 0 Å². The largest absolute Gasteiger partial charge is 0.317 e. The van der Waals surface area contributed by atoms with Gasteiger partial charge >= 0.3 is 0 Å². The zero-order valence-electron chi connectivity index (χ0n) is 7.74. The van der Waals surface area contributed by atoms with E-state index in [1.54, 1.807) is 0 Å². The van der Waals surface area contributed by atoms with Crippen LogP contribution in [0.5, 0.6) is 0 Å². The number of halogens is 2. The molecule has 0 radical (unpaired) electrons. The van der Waals surface area contributed by atoms with Crippen LogP contribution in [-0.2, 0) is 0 Å². The molecule has 0 aliphatic carbocycles. The highest BCUT2D eigenvalue weighted by atomic mass is 19.3. The van der Waals surface area contributed by atoms with Crippen LogP contribution in [0.1, 0.15) is 13.8 Å². The first-order chi connectivity index (χ1) is 5.66. The van der Waals surface area contributed by atoms with Crippen LogP contribution < -0.4 is 10.6 Å². The van der Waals surface area contributed by atoms with E-state index in [0.717, 1.165) is 13.1 Å². The maximum atomic E-state index is 11.7. The Bertz CT molecular complexity index is 99.1. The predicted octanol–water partition coefficient (Wildman–Crippen LogP) is 1.09. The molecule has 0 fully saturated rings. The van der Waals surface area contributed by atoms with Crippen LogP contribution >= 0.6 is 0 Å². The Morgan fingerprint density at radius 2 is 1.67 bits per heavy atom. The van der Waals surface area contributed by atoms with E-state index in [2.05, 4.69) is 10.6 Å². The van der Waals surface area contributed by atoms with Crippen molar-refractivity contribution in [2.45, 2.75) is 20.3 Å². The van der Waals surface area contributed by atoms with E-state index in [-0.39, 0.29) is 6.54 Å². The number of hydrogen-bond acceptors (Lipinski definition) is 2. The fourth-order valence-corrected chi connectivity index (χ4v) is 0.902. The van der Waals surface area contributed by atoms with Gasteiger partial charge in [0.1, 0.15) is 0 Å². The third-order valence-corrected chi connectivity index (χ3v) is 1.53. The summed E-state index contributed by atoms with van der Waals surface area (Å²) in [5.41, 5.74) is 0. The maximum Gasteiger partial charge on any atom is 0.250 e. The van der Waals surface area contributed by atoms with Crippen LogP contribution in [0.15, 0.2) is 0 Å². The minimum absolute atomic E-state index is 0.198. The SMILES string of the molecule is CCNCC(C)CNCC(F)F. The maximum absolute atomic E-state index is 11.7. The molecule has 0 aromatic rings. The van der Waals surface area contributed by atoms with E-state index >= 15 is 0 Å². The lowest BCUT2D eigenvalue weighted by molar-refractivity contribution is 0.144. The Balaban J connectivity index is 3.13. The van der Waals surface area contributed by atoms with Gasteiger partial charge in [0.15, 0.2) is 0 Å². The van der Waals surface area contributed by atoms with Gasteiger partial charge in [-0.3, -0.25) is 0 Å². The monoisotopic (exact) mass is 180 g/mol. The zero-order valence-corrected chi connectivity index (χ0v) is 7.74. The Labute approximate surface area is 72.7 Å². The summed E-state index contributed by atoms with van der Waals surface area (Å²) in [5.74, 6) is 0.406. The number of hydrogen-bond donors (Lipinski definition) is 2. The normalized spacial score (nSPS) is 13.8.